The lowest BCUT2D eigenvalue weighted by Crippen LogP contribution is -2.13. The fourth-order valence-corrected chi connectivity index (χ4v) is 2.13. The monoisotopic (exact) mass is 338 g/mol. The highest BCUT2D eigenvalue weighted by atomic mass is 79.9. The third-order valence-corrected chi connectivity index (χ3v) is 3.15. The maximum absolute atomic E-state index is 13.6. The zero-order chi connectivity index (χ0) is 14.3. The smallest absolute Gasteiger partial charge is 0.349 e. The largest absolute Gasteiger partial charge is 0.436 e. The van der Waals surface area contributed by atoms with E-state index in [4.69, 9.17) is 4.74 Å². The fraction of sp³-hybridized carbons (Fsp3) is 0.0833. The molecule has 3 aromatic rings. The van der Waals surface area contributed by atoms with Crippen molar-refractivity contribution in [2.75, 3.05) is 0 Å². The molecule has 0 aliphatic carbocycles. The molecule has 0 amide bonds. The van der Waals surface area contributed by atoms with E-state index in [0.717, 1.165) is 0 Å². The summed E-state index contributed by atoms with van der Waals surface area (Å²) in [6.45, 7) is 1.63. The average Bonchev–Trinajstić information content (AvgIpc) is 2.76. The second-order valence-electron chi connectivity index (χ2n) is 4.04. The first-order chi connectivity index (χ1) is 9.54. The van der Waals surface area contributed by atoms with Crippen molar-refractivity contribution in [1.82, 2.24) is 19.6 Å². The number of aryl methyl sites for hydroxylation is 1. The number of H-pyrrole nitrogens is 1. The molecule has 8 heteroatoms. The van der Waals surface area contributed by atoms with E-state index >= 15 is 0 Å². The van der Waals surface area contributed by atoms with Gasteiger partial charge in [0.15, 0.2) is 17.2 Å². The molecular formula is C12H8BrFN4O2. The summed E-state index contributed by atoms with van der Waals surface area (Å²) in [7, 11) is 0. The van der Waals surface area contributed by atoms with Gasteiger partial charge in [-0.05, 0) is 25.1 Å². The molecule has 0 fully saturated rings. The van der Waals surface area contributed by atoms with Gasteiger partial charge in [-0.3, -0.25) is 0 Å². The van der Waals surface area contributed by atoms with Crippen LogP contribution in [0.5, 0.6) is 11.6 Å². The van der Waals surface area contributed by atoms with Crippen molar-refractivity contribution in [3.8, 4) is 11.6 Å². The van der Waals surface area contributed by atoms with E-state index < -0.39 is 5.82 Å². The summed E-state index contributed by atoms with van der Waals surface area (Å²) in [6, 6.07) is 5.79. The van der Waals surface area contributed by atoms with Crippen molar-refractivity contribution in [3.63, 3.8) is 0 Å². The molecule has 0 saturated carbocycles. The minimum absolute atomic E-state index is 0.0357. The lowest BCUT2D eigenvalue weighted by Gasteiger charge is -2.07. The lowest BCUT2D eigenvalue weighted by atomic mass is 10.3. The normalized spacial score (nSPS) is 10.9. The number of aromatic amines is 1. The molecule has 0 radical (unpaired) electrons. The summed E-state index contributed by atoms with van der Waals surface area (Å²) in [4.78, 5) is 15.6. The van der Waals surface area contributed by atoms with Crippen LogP contribution in [0.1, 0.15) is 5.82 Å². The number of fused-ring (bicyclic) bond motifs is 1. The van der Waals surface area contributed by atoms with Gasteiger partial charge in [0.05, 0.1) is 0 Å². The Morgan fingerprint density at radius 2 is 2.20 bits per heavy atom. The molecule has 0 saturated heterocycles. The quantitative estimate of drug-likeness (QED) is 0.778. The van der Waals surface area contributed by atoms with Gasteiger partial charge in [0.25, 0.3) is 0 Å². The lowest BCUT2D eigenvalue weighted by molar-refractivity contribution is 0.425. The average molecular weight is 339 g/mol. The summed E-state index contributed by atoms with van der Waals surface area (Å²) in [6.07, 6.45) is 0. The molecule has 0 spiro atoms. The number of halogens is 2. The van der Waals surface area contributed by atoms with Crippen LogP contribution in [0.2, 0.25) is 0 Å². The Labute approximate surface area is 120 Å². The van der Waals surface area contributed by atoms with E-state index in [1.807, 2.05) is 0 Å². The standard InChI is InChI=1S/C12H8BrFN4O2/c1-6-15-11(5-10-16-17-12(19)18(6)10)20-9-4-7(13)2-3-8(9)14/h2-5H,1H3,(H,17,19). The molecule has 1 aromatic carbocycles. The number of hydrogen-bond acceptors (Lipinski definition) is 4. The first-order valence-electron chi connectivity index (χ1n) is 5.62. The van der Waals surface area contributed by atoms with Crippen LogP contribution in [0.3, 0.4) is 0 Å². The van der Waals surface area contributed by atoms with Gasteiger partial charge < -0.3 is 4.74 Å². The summed E-state index contributed by atoms with van der Waals surface area (Å²) in [5.41, 5.74) is -0.0295. The molecule has 3 rings (SSSR count). The van der Waals surface area contributed by atoms with E-state index in [2.05, 4.69) is 31.1 Å². The fourth-order valence-electron chi connectivity index (χ4n) is 1.79. The molecule has 1 N–H and O–H groups in total. The van der Waals surface area contributed by atoms with E-state index in [1.165, 1.54) is 22.6 Å². The Bertz CT molecular complexity index is 858. The van der Waals surface area contributed by atoms with Crippen LogP contribution in [0.25, 0.3) is 5.65 Å². The minimum Gasteiger partial charge on any atom is -0.436 e. The van der Waals surface area contributed by atoms with Gasteiger partial charge in [0.1, 0.15) is 5.82 Å². The van der Waals surface area contributed by atoms with Gasteiger partial charge in [-0.2, -0.15) is 10.1 Å². The predicted molar refractivity (Wildman–Crippen MR) is 72.5 cm³/mol. The highest BCUT2D eigenvalue weighted by Crippen LogP contribution is 2.26. The molecule has 0 atom stereocenters. The highest BCUT2D eigenvalue weighted by Gasteiger charge is 2.11. The van der Waals surface area contributed by atoms with Crippen molar-refractivity contribution in [2.45, 2.75) is 6.92 Å². The van der Waals surface area contributed by atoms with Crippen molar-refractivity contribution < 1.29 is 9.13 Å². The second kappa shape index (κ2) is 4.71. The number of rotatable bonds is 2. The Morgan fingerprint density at radius 3 is 3.00 bits per heavy atom. The predicted octanol–water partition coefficient (Wildman–Crippen LogP) is 2.42. The van der Waals surface area contributed by atoms with Crippen LogP contribution >= 0.6 is 15.9 Å². The highest BCUT2D eigenvalue weighted by molar-refractivity contribution is 9.10. The molecule has 2 aromatic heterocycles. The summed E-state index contributed by atoms with van der Waals surface area (Å²) in [5.74, 6) is 0.0816. The Kier molecular flexibility index (Phi) is 3.01. The molecular weight excluding hydrogens is 331 g/mol. The first kappa shape index (κ1) is 12.8. The van der Waals surface area contributed by atoms with Crippen LogP contribution in [-0.4, -0.2) is 19.6 Å². The summed E-state index contributed by atoms with van der Waals surface area (Å²) >= 11 is 3.24. The summed E-state index contributed by atoms with van der Waals surface area (Å²) < 4.78 is 21.0. The van der Waals surface area contributed by atoms with Crippen LogP contribution in [0, 0.1) is 12.7 Å². The van der Waals surface area contributed by atoms with Gasteiger partial charge in [-0.25, -0.2) is 18.7 Å². The molecule has 102 valence electrons. The SMILES string of the molecule is Cc1nc(Oc2cc(Br)ccc2F)cc2n[nH]c(=O)n12. The zero-order valence-electron chi connectivity index (χ0n) is 10.2. The maximum Gasteiger partial charge on any atom is 0.349 e. The van der Waals surface area contributed by atoms with E-state index in [9.17, 15) is 9.18 Å². The van der Waals surface area contributed by atoms with Gasteiger partial charge in [0, 0.05) is 10.5 Å². The van der Waals surface area contributed by atoms with Crippen molar-refractivity contribution in [1.29, 1.82) is 0 Å². The van der Waals surface area contributed by atoms with Crippen molar-refractivity contribution in [2.24, 2.45) is 0 Å². The van der Waals surface area contributed by atoms with Gasteiger partial charge in [-0.1, -0.05) is 15.9 Å². The second-order valence-corrected chi connectivity index (χ2v) is 4.96. The van der Waals surface area contributed by atoms with Gasteiger partial charge in [0.2, 0.25) is 5.88 Å². The van der Waals surface area contributed by atoms with Crippen molar-refractivity contribution >= 4 is 21.6 Å². The van der Waals surface area contributed by atoms with E-state index in [-0.39, 0.29) is 17.3 Å². The third-order valence-electron chi connectivity index (χ3n) is 2.65. The number of aromatic nitrogens is 4. The van der Waals surface area contributed by atoms with Crippen LogP contribution < -0.4 is 10.4 Å². The van der Waals surface area contributed by atoms with Gasteiger partial charge >= 0.3 is 5.69 Å². The molecule has 0 bridgehead atoms. The third kappa shape index (κ3) is 2.18. The van der Waals surface area contributed by atoms with Crippen LogP contribution in [0.15, 0.2) is 33.5 Å². The molecule has 2 heterocycles. The van der Waals surface area contributed by atoms with Gasteiger partial charge in [-0.15, -0.1) is 0 Å². The Hall–Kier alpha value is -2.22. The molecule has 6 nitrogen and oxygen atoms in total. The van der Waals surface area contributed by atoms with Crippen LogP contribution in [0.4, 0.5) is 4.39 Å². The number of ether oxygens (including phenoxy) is 1. The number of nitrogens with zero attached hydrogens (tertiary/aromatic N) is 3. The molecule has 0 aliphatic heterocycles. The number of hydrogen-bond donors (Lipinski definition) is 1. The van der Waals surface area contributed by atoms with E-state index in [1.54, 1.807) is 13.0 Å². The Balaban J connectivity index is 2.07. The Morgan fingerprint density at radius 1 is 1.40 bits per heavy atom. The minimum atomic E-state index is -0.507. The molecule has 20 heavy (non-hydrogen) atoms. The van der Waals surface area contributed by atoms with Crippen molar-refractivity contribution in [3.05, 3.63) is 50.9 Å². The first-order valence-corrected chi connectivity index (χ1v) is 6.41. The summed E-state index contributed by atoms with van der Waals surface area (Å²) in [5, 5.41) is 6.13. The number of benzene rings is 1. The topological polar surface area (TPSA) is 72.3 Å². The van der Waals surface area contributed by atoms with E-state index in [0.29, 0.717) is 15.9 Å². The molecule has 0 aliphatic rings. The number of nitrogens with one attached hydrogen (secondary N) is 1. The van der Waals surface area contributed by atoms with Crippen LogP contribution in [-0.2, 0) is 0 Å². The molecule has 0 unspecified atom stereocenters. The maximum atomic E-state index is 13.6. The zero-order valence-corrected chi connectivity index (χ0v) is 11.8.